The summed E-state index contributed by atoms with van der Waals surface area (Å²) in [4.78, 5) is 21.5. The summed E-state index contributed by atoms with van der Waals surface area (Å²) in [7, 11) is 0. The lowest BCUT2D eigenvalue weighted by atomic mass is 10.2. The lowest BCUT2D eigenvalue weighted by molar-refractivity contribution is -0.382. The highest BCUT2D eigenvalue weighted by atomic mass is 32.1. The van der Waals surface area contributed by atoms with Gasteiger partial charge in [0.2, 0.25) is 0 Å². The molecule has 0 radical (unpaired) electrons. The number of non-ortho nitro benzene ring substituents is 1. The molecule has 0 saturated heterocycles. The van der Waals surface area contributed by atoms with Gasteiger partial charge in [0.25, 0.3) is 5.69 Å². The van der Waals surface area contributed by atoms with Gasteiger partial charge < -0.3 is 0 Å². The summed E-state index contributed by atoms with van der Waals surface area (Å²) in [6, 6.07) is 5.94. The summed E-state index contributed by atoms with van der Waals surface area (Å²) in [5.74, 6) is 0. The first-order chi connectivity index (χ1) is 6.70. The van der Waals surface area contributed by atoms with E-state index in [0.29, 0.717) is 10.1 Å². The van der Waals surface area contributed by atoms with Gasteiger partial charge in [-0.05, 0) is 17.5 Å². The Labute approximate surface area is 82.6 Å². The summed E-state index contributed by atoms with van der Waals surface area (Å²) in [6.07, 6.45) is 0. The quantitative estimate of drug-likeness (QED) is 0.531. The number of hydrogen-bond acceptors (Lipinski definition) is 4. The number of nitro benzene ring substituents is 1. The predicted molar refractivity (Wildman–Crippen MR) is 54.7 cm³/mol. The van der Waals surface area contributed by atoms with E-state index in [0.717, 1.165) is 0 Å². The van der Waals surface area contributed by atoms with E-state index >= 15 is 0 Å². The maximum Gasteiger partial charge on any atom is 0.287 e. The zero-order valence-corrected chi connectivity index (χ0v) is 7.78. The van der Waals surface area contributed by atoms with Crippen LogP contribution in [0, 0.1) is 10.1 Å². The van der Waals surface area contributed by atoms with Gasteiger partial charge in [0.1, 0.15) is 4.70 Å². The lowest BCUT2D eigenvalue weighted by Gasteiger charge is -1.95. The molecule has 1 heterocycles. The van der Waals surface area contributed by atoms with Gasteiger partial charge in [0.15, 0.2) is 5.43 Å². The average molecular weight is 207 g/mol. The second kappa shape index (κ2) is 3.19. The van der Waals surface area contributed by atoms with E-state index in [1.807, 2.05) is 0 Å². The molecule has 0 saturated carbocycles. The molecule has 70 valence electrons. The number of nitrogens with zero attached hydrogens (tertiary/aromatic N) is 1. The van der Waals surface area contributed by atoms with Crippen LogP contribution >= 0.6 is 11.3 Å². The first-order valence-corrected chi connectivity index (χ1v) is 4.73. The maximum atomic E-state index is 11.3. The van der Waals surface area contributed by atoms with Gasteiger partial charge in [0.05, 0.1) is 4.92 Å². The van der Waals surface area contributed by atoms with Crippen LogP contribution in [0.4, 0.5) is 5.69 Å². The molecule has 14 heavy (non-hydrogen) atoms. The molecular formula is C9H5NO3S. The van der Waals surface area contributed by atoms with Crippen molar-refractivity contribution in [3.05, 3.63) is 50.0 Å². The monoisotopic (exact) mass is 207 g/mol. The second-order valence-corrected chi connectivity index (χ2v) is 3.61. The molecule has 0 N–H and O–H groups in total. The Hall–Kier alpha value is -1.75. The fraction of sp³-hybridized carbons (Fsp3) is 0. The van der Waals surface area contributed by atoms with Crippen molar-refractivity contribution in [1.82, 2.24) is 0 Å². The van der Waals surface area contributed by atoms with Gasteiger partial charge in [-0.3, -0.25) is 14.9 Å². The van der Waals surface area contributed by atoms with E-state index in [1.165, 1.54) is 29.5 Å². The molecule has 0 fully saturated rings. The largest absolute Gasteiger partial charge is 0.289 e. The van der Waals surface area contributed by atoms with Crippen molar-refractivity contribution in [3.8, 4) is 0 Å². The van der Waals surface area contributed by atoms with Gasteiger partial charge in [0, 0.05) is 11.5 Å². The summed E-state index contributed by atoms with van der Waals surface area (Å²) >= 11 is 1.20. The maximum absolute atomic E-state index is 11.3. The third-order valence-electron chi connectivity index (χ3n) is 1.86. The molecule has 0 aliphatic rings. The molecule has 0 atom stereocenters. The minimum atomic E-state index is -0.474. The molecule has 0 unspecified atom stereocenters. The molecule has 0 aliphatic heterocycles. The molecule has 0 bridgehead atoms. The summed E-state index contributed by atoms with van der Waals surface area (Å²) < 4.78 is 0.435. The predicted octanol–water partition coefficient (Wildman–Crippen LogP) is 2.17. The fourth-order valence-corrected chi connectivity index (χ4v) is 2.13. The van der Waals surface area contributed by atoms with Crippen LogP contribution in [-0.4, -0.2) is 4.92 Å². The zero-order valence-electron chi connectivity index (χ0n) is 6.97. The third-order valence-corrected chi connectivity index (χ3v) is 2.80. The normalized spacial score (nSPS) is 10.3. The summed E-state index contributed by atoms with van der Waals surface area (Å²) in [5.41, 5.74) is -0.187. The molecule has 4 nitrogen and oxygen atoms in total. The van der Waals surface area contributed by atoms with Crippen LogP contribution in [0.2, 0.25) is 0 Å². The van der Waals surface area contributed by atoms with Crippen LogP contribution in [0.25, 0.3) is 10.1 Å². The van der Waals surface area contributed by atoms with E-state index in [-0.39, 0.29) is 11.1 Å². The van der Waals surface area contributed by atoms with Crippen molar-refractivity contribution >= 4 is 27.1 Å². The Balaban J connectivity index is 2.95. The van der Waals surface area contributed by atoms with Gasteiger partial charge in [-0.15, -0.1) is 11.3 Å². The number of nitro groups is 1. The van der Waals surface area contributed by atoms with Crippen molar-refractivity contribution in [2.75, 3.05) is 0 Å². The van der Waals surface area contributed by atoms with Gasteiger partial charge in [-0.25, -0.2) is 0 Å². The van der Waals surface area contributed by atoms with Crippen LogP contribution < -0.4 is 5.43 Å². The average Bonchev–Trinajstić information content (AvgIpc) is 2.17. The molecule has 0 amide bonds. The summed E-state index contributed by atoms with van der Waals surface area (Å²) in [5, 5.41) is 12.6. The standard InChI is InChI=1S/C9H5NO3S/c11-8-4-5-14-9-6(8)2-1-3-7(9)10(12)13/h1-5H. The number of rotatable bonds is 1. The second-order valence-electron chi connectivity index (χ2n) is 2.70. The van der Waals surface area contributed by atoms with E-state index in [9.17, 15) is 14.9 Å². The molecule has 2 rings (SSSR count). The smallest absolute Gasteiger partial charge is 0.287 e. The Kier molecular flexibility index (Phi) is 2.01. The van der Waals surface area contributed by atoms with Gasteiger partial charge in [-0.2, -0.15) is 0 Å². The Morgan fingerprint density at radius 1 is 1.29 bits per heavy atom. The van der Waals surface area contributed by atoms with Crippen LogP contribution in [0.5, 0.6) is 0 Å². The molecule has 1 aromatic heterocycles. The van der Waals surface area contributed by atoms with Crippen molar-refractivity contribution in [3.63, 3.8) is 0 Å². The molecular weight excluding hydrogens is 202 g/mol. The number of fused-ring (bicyclic) bond motifs is 1. The minimum absolute atomic E-state index is 0.00907. The number of hydrogen-bond donors (Lipinski definition) is 0. The topological polar surface area (TPSA) is 60.2 Å². The molecule has 0 spiro atoms. The highest BCUT2D eigenvalue weighted by molar-refractivity contribution is 7.17. The van der Waals surface area contributed by atoms with E-state index in [1.54, 1.807) is 11.4 Å². The van der Waals surface area contributed by atoms with Crippen LogP contribution in [0.3, 0.4) is 0 Å². The van der Waals surface area contributed by atoms with E-state index in [2.05, 4.69) is 0 Å². The van der Waals surface area contributed by atoms with E-state index in [4.69, 9.17) is 0 Å². The Bertz CT molecular complexity index is 561. The van der Waals surface area contributed by atoms with Crippen molar-refractivity contribution in [2.24, 2.45) is 0 Å². The third kappa shape index (κ3) is 1.27. The zero-order chi connectivity index (χ0) is 10.1. The van der Waals surface area contributed by atoms with Crippen LogP contribution in [0.1, 0.15) is 0 Å². The van der Waals surface area contributed by atoms with Crippen molar-refractivity contribution in [2.45, 2.75) is 0 Å². The molecule has 0 aliphatic carbocycles. The lowest BCUT2D eigenvalue weighted by Crippen LogP contribution is -1.98. The Morgan fingerprint density at radius 3 is 2.79 bits per heavy atom. The first kappa shape index (κ1) is 8.83. The van der Waals surface area contributed by atoms with Crippen molar-refractivity contribution in [1.29, 1.82) is 0 Å². The number of benzene rings is 1. The highest BCUT2D eigenvalue weighted by Gasteiger charge is 2.12. The van der Waals surface area contributed by atoms with Gasteiger partial charge >= 0.3 is 0 Å². The fourth-order valence-electron chi connectivity index (χ4n) is 1.24. The molecule has 1 aromatic carbocycles. The highest BCUT2D eigenvalue weighted by Crippen LogP contribution is 2.26. The van der Waals surface area contributed by atoms with Crippen molar-refractivity contribution < 1.29 is 4.92 Å². The summed E-state index contributed by atoms with van der Waals surface area (Å²) in [6.45, 7) is 0. The van der Waals surface area contributed by atoms with Crippen LogP contribution in [0.15, 0.2) is 34.4 Å². The first-order valence-electron chi connectivity index (χ1n) is 3.85. The molecule has 5 heteroatoms. The van der Waals surface area contributed by atoms with E-state index < -0.39 is 4.92 Å². The SMILES string of the molecule is O=c1ccsc2c([N+](=O)[O-])cccc12. The van der Waals surface area contributed by atoms with Gasteiger partial charge in [-0.1, -0.05) is 6.07 Å². The molecule has 2 aromatic rings. The van der Waals surface area contributed by atoms with Crippen LogP contribution in [-0.2, 0) is 0 Å². The Morgan fingerprint density at radius 2 is 2.07 bits per heavy atom. The minimum Gasteiger partial charge on any atom is -0.289 e.